The molecule has 0 aromatic heterocycles. The third-order valence-electron chi connectivity index (χ3n) is 7.00. The van der Waals surface area contributed by atoms with Gasteiger partial charge in [-0.3, -0.25) is 14.4 Å². The van der Waals surface area contributed by atoms with Crippen molar-refractivity contribution < 1.29 is 14.4 Å². The van der Waals surface area contributed by atoms with Gasteiger partial charge in [0.1, 0.15) is 6.04 Å². The molecule has 2 heterocycles. The van der Waals surface area contributed by atoms with Crippen LogP contribution in [0.3, 0.4) is 0 Å². The second-order valence-corrected chi connectivity index (χ2v) is 9.74. The summed E-state index contributed by atoms with van der Waals surface area (Å²) in [6.45, 7) is 1.25. The molecule has 1 N–H and O–H groups in total. The molecule has 0 spiro atoms. The van der Waals surface area contributed by atoms with Crippen LogP contribution in [-0.2, 0) is 11.3 Å². The van der Waals surface area contributed by atoms with E-state index in [0.717, 1.165) is 24.8 Å². The predicted octanol–water partition coefficient (Wildman–Crippen LogP) is 4.85. The van der Waals surface area contributed by atoms with Crippen LogP contribution in [0.15, 0.2) is 78.9 Å². The number of rotatable bonds is 4. The number of amides is 3. The number of benzene rings is 3. The van der Waals surface area contributed by atoms with Gasteiger partial charge in [0.05, 0.1) is 0 Å². The number of carbonyl (C=O) groups excluding carboxylic acids is 3. The highest BCUT2D eigenvalue weighted by Crippen LogP contribution is 2.33. The van der Waals surface area contributed by atoms with Gasteiger partial charge < -0.3 is 15.1 Å². The number of carbonyl (C=O) groups is 3. The van der Waals surface area contributed by atoms with Gasteiger partial charge in [0, 0.05) is 41.8 Å². The third kappa shape index (κ3) is 4.86. The molecule has 0 saturated carbocycles. The summed E-state index contributed by atoms with van der Waals surface area (Å²) < 4.78 is 0. The molecule has 2 aliphatic heterocycles. The van der Waals surface area contributed by atoms with Crippen LogP contribution >= 0.6 is 11.6 Å². The Bertz CT molecular complexity index is 1260. The molecule has 2 unspecified atom stereocenters. The van der Waals surface area contributed by atoms with E-state index in [1.165, 1.54) is 0 Å². The molecule has 5 rings (SSSR count). The Labute approximate surface area is 215 Å². The first kappa shape index (κ1) is 24.1. The molecule has 0 radical (unpaired) electrons. The quantitative estimate of drug-likeness (QED) is 0.555. The monoisotopic (exact) mass is 501 g/mol. The lowest BCUT2D eigenvalue weighted by Gasteiger charge is -2.43. The van der Waals surface area contributed by atoms with E-state index in [2.05, 4.69) is 5.32 Å². The van der Waals surface area contributed by atoms with Gasteiger partial charge in [-0.15, -0.1) is 0 Å². The molecule has 7 heteroatoms. The Morgan fingerprint density at radius 1 is 0.917 bits per heavy atom. The van der Waals surface area contributed by atoms with Crippen LogP contribution < -0.4 is 5.32 Å². The SMILES string of the molecule is O=C(NCc1ccccc1)C1c2ccccc2C(=O)N2CCCCC2CN1C(=O)c1ccc(Cl)cc1. The smallest absolute Gasteiger partial charge is 0.254 e. The largest absolute Gasteiger partial charge is 0.350 e. The fourth-order valence-electron chi connectivity index (χ4n) is 5.17. The van der Waals surface area contributed by atoms with Crippen LogP contribution in [0.25, 0.3) is 0 Å². The molecular weight excluding hydrogens is 474 g/mol. The second kappa shape index (κ2) is 10.5. The lowest BCUT2D eigenvalue weighted by molar-refractivity contribution is -0.126. The summed E-state index contributed by atoms with van der Waals surface area (Å²) in [4.78, 5) is 44.9. The number of nitrogens with one attached hydrogen (secondary N) is 1. The fourth-order valence-corrected chi connectivity index (χ4v) is 5.29. The molecule has 0 aliphatic carbocycles. The second-order valence-electron chi connectivity index (χ2n) is 9.31. The molecule has 36 heavy (non-hydrogen) atoms. The Balaban J connectivity index is 1.58. The summed E-state index contributed by atoms with van der Waals surface area (Å²) in [5.74, 6) is -0.651. The van der Waals surface area contributed by atoms with Crippen molar-refractivity contribution in [2.24, 2.45) is 0 Å². The highest BCUT2D eigenvalue weighted by molar-refractivity contribution is 6.30. The summed E-state index contributed by atoms with van der Waals surface area (Å²) in [6.07, 6.45) is 2.69. The molecule has 2 atom stereocenters. The normalized spacial score (nSPS) is 19.5. The fraction of sp³-hybridized carbons (Fsp3) is 0.276. The minimum atomic E-state index is -0.943. The number of piperidine rings is 1. The first-order valence-corrected chi connectivity index (χ1v) is 12.7. The molecule has 184 valence electrons. The van der Waals surface area contributed by atoms with Crippen LogP contribution in [0.1, 0.15) is 57.1 Å². The number of nitrogens with zero attached hydrogens (tertiary/aromatic N) is 2. The average molecular weight is 502 g/mol. The van der Waals surface area contributed by atoms with Crippen molar-refractivity contribution in [2.75, 3.05) is 13.1 Å². The topological polar surface area (TPSA) is 69.7 Å². The Kier molecular flexibility index (Phi) is 7.05. The summed E-state index contributed by atoms with van der Waals surface area (Å²) >= 11 is 6.07. The zero-order valence-electron chi connectivity index (χ0n) is 19.9. The van der Waals surface area contributed by atoms with Crippen molar-refractivity contribution in [3.63, 3.8) is 0 Å². The minimum absolute atomic E-state index is 0.0743. The first-order valence-electron chi connectivity index (χ1n) is 12.3. The molecule has 3 amide bonds. The van der Waals surface area contributed by atoms with E-state index in [1.54, 1.807) is 41.3 Å². The Morgan fingerprint density at radius 2 is 1.64 bits per heavy atom. The number of hydrogen-bond donors (Lipinski definition) is 1. The molecule has 1 fully saturated rings. The van der Waals surface area contributed by atoms with Gasteiger partial charge in [-0.05, 0) is 60.7 Å². The minimum Gasteiger partial charge on any atom is -0.350 e. The first-order chi connectivity index (χ1) is 17.5. The van der Waals surface area contributed by atoms with Crippen LogP contribution in [0.5, 0.6) is 0 Å². The maximum atomic E-state index is 13.9. The third-order valence-corrected chi connectivity index (χ3v) is 7.25. The highest BCUT2D eigenvalue weighted by Gasteiger charge is 2.41. The summed E-state index contributed by atoms with van der Waals surface area (Å²) in [5.41, 5.74) is 2.42. The number of hydrogen-bond acceptors (Lipinski definition) is 3. The van der Waals surface area contributed by atoms with Gasteiger partial charge in [-0.2, -0.15) is 0 Å². The Morgan fingerprint density at radius 3 is 2.42 bits per heavy atom. The molecule has 1 saturated heterocycles. The van der Waals surface area contributed by atoms with E-state index < -0.39 is 6.04 Å². The van der Waals surface area contributed by atoms with Crippen molar-refractivity contribution in [1.29, 1.82) is 0 Å². The predicted molar refractivity (Wildman–Crippen MR) is 139 cm³/mol. The van der Waals surface area contributed by atoms with Crippen LogP contribution in [0, 0.1) is 0 Å². The van der Waals surface area contributed by atoms with Gasteiger partial charge in [0.2, 0.25) is 5.91 Å². The van der Waals surface area contributed by atoms with E-state index in [1.807, 2.05) is 47.4 Å². The number of halogens is 1. The van der Waals surface area contributed by atoms with Crippen molar-refractivity contribution >= 4 is 29.3 Å². The van der Waals surface area contributed by atoms with Gasteiger partial charge in [-0.25, -0.2) is 0 Å². The van der Waals surface area contributed by atoms with Crippen LogP contribution in [0.4, 0.5) is 0 Å². The highest BCUT2D eigenvalue weighted by atomic mass is 35.5. The van der Waals surface area contributed by atoms with Gasteiger partial charge in [0.15, 0.2) is 0 Å². The van der Waals surface area contributed by atoms with Crippen LogP contribution in [0.2, 0.25) is 5.02 Å². The molecule has 3 aromatic carbocycles. The zero-order chi connectivity index (χ0) is 25.1. The lowest BCUT2D eigenvalue weighted by atomic mass is 9.91. The van der Waals surface area contributed by atoms with Crippen molar-refractivity contribution in [3.05, 3.63) is 106 Å². The molecule has 6 nitrogen and oxygen atoms in total. The Hall–Kier alpha value is -3.64. The summed E-state index contributed by atoms with van der Waals surface area (Å²) in [7, 11) is 0. The number of fused-ring (bicyclic) bond motifs is 2. The van der Waals surface area contributed by atoms with Gasteiger partial charge in [-0.1, -0.05) is 60.1 Å². The van der Waals surface area contributed by atoms with Crippen LogP contribution in [-0.4, -0.2) is 46.7 Å². The molecule has 0 bridgehead atoms. The summed E-state index contributed by atoms with van der Waals surface area (Å²) in [5, 5.41) is 3.54. The standard InChI is InChI=1S/C29H28ClN3O3/c30-22-15-13-21(14-16-22)28(35)33-19-23-10-6-7-17-32(23)29(36)25-12-5-4-11-24(25)26(33)27(34)31-18-20-8-2-1-3-9-20/h1-5,8-9,11-16,23,26H,6-7,10,17-19H2,(H,31,34). The van der Waals surface area contributed by atoms with E-state index in [9.17, 15) is 14.4 Å². The zero-order valence-corrected chi connectivity index (χ0v) is 20.7. The van der Waals surface area contributed by atoms with Crippen molar-refractivity contribution in [1.82, 2.24) is 15.1 Å². The van der Waals surface area contributed by atoms with E-state index in [-0.39, 0.29) is 30.3 Å². The average Bonchev–Trinajstić information content (AvgIpc) is 2.91. The van der Waals surface area contributed by atoms with Crippen molar-refractivity contribution in [3.8, 4) is 0 Å². The van der Waals surface area contributed by atoms with Gasteiger partial charge >= 0.3 is 0 Å². The lowest BCUT2D eigenvalue weighted by Crippen LogP contribution is -2.55. The van der Waals surface area contributed by atoms with E-state index in [4.69, 9.17) is 11.6 Å². The van der Waals surface area contributed by atoms with Crippen molar-refractivity contribution in [2.45, 2.75) is 37.9 Å². The molecule has 3 aromatic rings. The maximum Gasteiger partial charge on any atom is 0.254 e. The van der Waals surface area contributed by atoms with E-state index >= 15 is 0 Å². The molecular formula is C29H28ClN3O3. The maximum absolute atomic E-state index is 13.9. The van der Waals surface area contributed by atoms with E-state index in [0.29, 0.717) is 34.8 Å². The summed E-state index contributed by atoms with van der Waals surface area (Å²) in [6, 6.07) is 22.4. The van der Waals surface area contributed by atoms with Gasteiger partial charge in [0.25, 0.3) is 11.8 Å². The molecule has 2 aliphatic rings.